The smallest absolute Gasteiger partial charge is 0.224 e. The molecular formula is C12H16N6O2. The van der Waals surface area contributed by atoms with Crippen molar-refractivity contribution in [3.05, 3.63) is 18.7 Å². The molecule has 2 aromatic heterocycles. The summed E-state index contributed by atoms with van der Waals surface area (Å²) in [6.07, 6.45) is 5.49. The van der Waals surface area contributed by atoms with E-state index < -0.39 is 0 Å². The third-order valence-electron chi connectivity index (χ3n) is 3.21. The van der Waals surface area contributed by atoms with Gasteiger partial charge in [0.15, 0.2) is 5.82 Å². The maximum absolute atomic E-state index is 12.0. The highest BCUT2D eigenvalue weighted by atomic mass is 16.5. The Morgan fingerprint density at radius 3 is 3.10 bits per heavy atom. The van der Waals surface area contributed by atoms with Crippen molar-refractivity contribution in [1.29, 1.82) is 0 Å². The lowest BCUT2D eigenvalue weighted by Crippen LogP contribution is -2.41. The van der Waals surface area contributed by atoms with Gasteiger partial charge in [-0.25, -0.2) is 4.98 Å². The lowest BCUT2D eigenvalue weighted by atomic mass is 10.3. The number of ether oxygens (including phenoxy) is 1. The zero-order valence-electron chi connectivity index (χ0n) is 11.0. The van der Waals surface area contributed by atoms with Crippen LogP contribution in [0.25, 0.3) is 5.65 Å². The lowest BCUT2D eigenvalue weighted by Gasteiger charge is -2.26. The third-order valence-corrected chi connectivity index (χ3v) is 3.21. The van der Waals surface area contributed by atoms with Crippen LogP contribution in [-0.2, 0) is 9.53 Å². The van der Waals surface area contributed by atoms with Crippen LogP contribution >= 0.6 is 0 Å². The number of fused-ring (bicyclic) bond motifs is 1. The fourth-order valence-corrected chi connectivity index (χ4v) is 2.14. The Balaban J connectivity index is 1.54. The predicted octanol–water partition coefficient (Wildman–Crippen LogP) is -0.215. The third kappa shape index (κ3) is 2.69. The maximum atomic E-state index is 12.0. The summed E-state index contributed by atoms with van der Waals surface area (Å²) in [4.78, 5) is 18.0. The second kappa shape index (κ2) is 5.83. The zero-order chi connectivity index (χ0) is 13.8. The van der Waals surface area contributed by atoms with Crippen molar-refractivity contribution in [3.8, 4) is 0 Å². The Bertz CT molecular complexity index is 592. The van der Waals surface area contributed by atoms with E-state index in [0.29, 0.717) is 50.7 Å². The van der Waals surface area contributed by atoms with Crippen LogP contribution in [-0.4, -0.2) is 63.2 Å². The van der Waals surface area contributed by atoms with E-state index in [9.17, 15) is 4.79 Å². The number of aromatic nitrogens is 4. The summed E-state index contributed by atoms with van der Waals surface area (Å²) in [5.41, 5.74) is 0.659. The molecule has 3 rings (SSSR count). The van der Waals surface area contributed by atoms with E-state index >= 15 is 0 Å². The van der Waals surface area contributed by atoms with Gasteiger partial charge in [0.2, 0.25) is 11.6 Å². The van der Waals surface area contributed by atoms with Crippen LogP contribution in [0, 0.1) is 0 Å². The first-order valence-electron chi connectivity index (χ1n) is 6.58. The number of morpholine rings is 1. The first kappa shape index (κ1) is 12.8. The second-order valence-electron chi connectivity index (χ2n) is 4.51. The summed E-state index contributed by atoms with van der Waals surface area (Å²) in [6.45, 7) is 3.13. The van der Waals surface area contributed by atoms with Gasteiger partial charge in [-0.2, -0.15) is 0 Å². The van der Waals surface area contributed by atoms with E-state index in [1.807, 2.05) is 4.90 Å². The van der Waals surface area contributed by atoms with Gasteiger partial charge < -0.3 is 15.0 Å². The van der Waals surface area contributed by atoms with Gasteiger partial charge in [0, 0.05) is 38.4 Å². The number of carbonyl (C=O) groups is 1. The minimum absolute atomic E-state index is 0.134. The summed E-state index contributed by atoms with van der Waals surface area (Å²) >= 11 is 0. The first-order valence-corrected chi connectivity index (χ1v) is 6.58. The molecule has 8 heteroatoms. The van der Waals surface area contributed by atoms with E-state index in [-0.39, 0.29) is 5.91 Å². The molecule has 1 aliphatic heterocycles. The Morgan fingerprint density at radius 2 is 2.25 bits per heavy atom. The van der Waals surface area contributed by atoms with Crippen molar-refractivity contribution in [2.24, 2.45) is 0 Å². The van der Waals surface area contributed by atoms with Crippen LogP contribution in [0.2, 0.25) is 0 Å². The van der Waals surface area contributed by atoms with Crippen molar-refractivity contribution < 1.29 is 9.53 Å². The van der Waals surface area contributed by atoms with Crippen molar-refractivity contribution in [3.63, 3.8) is 0 Å². The molecular weight excluding hydrogens is 260 g/mol. The molecule has 0 saturated carbocycles. The minimum atomic E-state index is 0.134. The van der Waals surface area contributed by atoms with E-state index in [1.54, 1.807) is 23.1 Å². The molecule has 2 aromatic rings. The van der Waals surface area contributed by atoms with Crippen LogP contribution < -0.4 is 5.32 Å². The van der Waals surface area contributed by atoms with Crippen molar-refractivity contribution in [2.75, 3.05) is 38.2 Å². The highest BCUT2D eigenvalue weighted by molar-refractivity contribution is 5.77. The molecule has 1 fully saturated rings. The molecule has 0 aliphatic carbocycles. The fourth-order valence-electron chi connectivity index (χ4n) is 2.14. The molecule has 0 spiro atoms. The number of rotatable bonds is 4. The maximum Gasteiger partial charge on any atom is 0.224 e. The molecule has 0 bridgehead atoms. The molecule has 8 nitrogen and oxygen atoms in total. The topological polar surface area (TPSA) is 84.7 Å². The summed E-state index contributed by atoms with van der Waals surface area (Å²) < 4.78 is 7.00. The number of carbonyl (C=O) groups excluding carboxylic acids is 1. The summed E-state index contributed by atoms with van der Waals surface area (Å²) in [7, 11) is 0. The number of nitrogens with zero attached hydrogens (tertiary/aromatic N) is 5. The van der Waals surface area contributed by atoms with Gasteiger partial charge in [-0.1, -0.05) is 0 Å². The normalized spacial score (nSPS) is 15.5. The molecule has 20 heavy (non-hydrogen) atoms. The predicted molar refractivity (Wildman–Crippen MR) is 71.3 cm³/mol. The first-order chi connectivity index (χ1) is 9.84. The Labute approximate surface area is 115 Å². The van der Waals surface area contributed by atoms with Crippen molar-refractivity contribution in [1.82, 2.24) is 24.5 Å². The number of nitrogens with one attached hydrogen (secondary N) is 1. The molecule has 0 unspecified atom stereocenters. The monoisotopic (exact) mass is 276 g/mol. The van der Waals surface area contributed by atoms with E-state index in [2.05, 4.69) is 20.5 Å². The number of hydrogen-bond donors (Lipinski definition) is 1. The van der Waals surface area contributed by atoms with Crippen LogP contribution in [0.4, 0.5) is 5.82 Å². The number of amides is 1. The molecule has 0 aromatic carbocycles. The van der Waals surface area contributed by atoms with Crippen LogP contribution in [0.15, 0.2) is 18.7 Å². The Kier molecular flexibility index (Phi) is 3.73. The van der Waals surface area contributed by atoms with Gasteiger partial charge >= 0.3 is 0 Å². The van der Waals surface area contributed by atoms with Gasteiger partial charge in [0.1, 0.15) is 6.33 Å². The Hall–Kier alpha value is -2.22. The minimum Gasteiger partial charge on any atom is -0.378 e. The van der Waals surface area contributed by atoms with E-state index in [4.69, 9.17) is 4.74 Å². The molecule has 1 N–H and O–H groups in total. The standard InChI is InChI=1S/C12H16N6O2/c19-10(17-5-7-20-8-6-17)1-2-13-11-12-16-15-9-18(12)4-3-14-11/h3-4,9H,1-2,5-8H2,(H,13,14). The molecule has 1 saturated heterocycles. The molecule has 0 radical (unpaired) electrons. The van der Waals surface area contributed by atoms with Gasteiger partial charge in [0.05, 0.1) is 13.2 Å². The second-order valence-corrected chi connectivity index (χ2v) is 4.51. The SMILES string of the molecule is O=C(CCNc1nccn2cnnc12)N1CCOCC1. The van der Waals surface area contributed by atoms with Gasteiger partial charge in [0.25, 0.3) is 0 Å². The summed E-state index contributed by atoms with van der Waals surface area (Å²) in [5, 5.41) is 10.9. The highest BCUT2D eigenvalue weighted by Crippen LogP contribution is 2.09. The largest absolute Gasteiger partial charge is 0.378 e. The van der Waals surface area contributed by atoms with Gasteiger partial charge in [-0.3, -0.25) is 9.20 Å². The average Bonchev–Trinajstić information content (AvgIpc) is 2.97. The average molecular weight is 276 g/mol. The summed E-state index contributed by atoms with van der Waals surface area (Å²) in [5.74, 6) is 0.772. The van der Waals surface area contributed by atoms with E-state index in [1.165, 1.54) is 0 Å². The quantitative estimate of drug-likeness (QED) is 0.831. The van der Waals surface area contributed by atoms with Gasteiger partial charge in [-0.15, -0.1) is 10.2 Å². The molecule has 1 amide bonds. The number of anilines is 1. The molecule has 3 heterocycles. The fraction of sp³-hybridized carbons (Fsp3) is 0.500. The van der Waals surface area contributed by atoms with E-state index in [0.717, 1.165) is 0 Å². The van der Waals surface area contributed by atoms with Crippen molar-refractivity contribution >= 4 is 17.4 Å². The Morgan fingerprint density at radius 1 is 1.40 bits per heavy atom. The van der Waals surface area contributed by atoms with Gasteiger partial charge in [-0.05, 0) is 0 Å². The molecule has 1 aliphatic rings. The van der Waals surface area contributed by atoms with Crippen LogP contribution in [0.3, 0.4) is 0 Å². The molecule has 0 atom stereocenters. The molecule has 106 valence electrons. The van der Waals surface area contributed by atoms with Crippen LogP contribution in [0.5, 0.6) is 0 Å². The highest BCUT2D eigenvalue weighted by Gasteiger charge is 2.16. The van der Waals surface area contributed by atoms with Crippen molar-refractivity contribution in [2.45, 2.75) is 6.42 Å². The summed E-state index contributed by atoms with van der Waals surface area (Å²) in [6, 6.07) is 0. The lowest BCUT2D eigenvalue weighted by molar-refractivity contribution is -0.134. The van der Waals surface area contributed by atoms with Crippen LogP contribution in [0.1, 0.15) is 6.42 Å². The number of hydrogen-bond acceptors (Lipinski definition) is 6. The zero-order valence-corrected chi connectivity index (χ0v) is 11.0.